The summed E-state index contributed by atoms with van der Waals surface area (Å²) in [6, 6.07) is 45.9. The van der Waals surface area contributed by atoms with E-state index in [0.29, 0.717) is 5.56 Å². The van der Waals surface area contributed by atoms with Gasteiger partial charge in [-0.2, -0.15) is 0 Å². The molecule has 5 aromatic carbocycles. The minimum absolute atomic E-state index is 0.0553. The summed E-state index contributed by atoms with van der Waals surface area (Å²) in [5, 5.41) is 0. The van der Waals surface area contributed by atoms with E-state index >= 15 is 0 Å². The second kappa shape index (κ2) is 12.0. The van der Waals surface area contributed by atoms with Crippen molar-refractivity contribution in [3.8, 4) is 0 Å². The van der Waals surface area contributed by atoms with Crippen LogP contribution in [0.3, 0.4) is 0 Å². The second-order valence-corrected chi connectivity index (χ2v) is 14.3. The molecule has 0 saturated carbocycles. The van der Waals surface area contributed by atoms with Crippen molar-refractivity contribution in [2.75, 3.05) is 0 Å². The number of benzene rings is 5. The van der Waals surface area contributed by atoms with Gasteiger partial charge in [0.1, 0.15) is 0 Å². The van der Waals surface area contributed by atoms with Gasteiger partial charge in [0.25, 0.3) is 0 Å². The second-order valence-electron chi connectivity index (χ2n) is 9.18. The van der Waals surface area contributed by atoms with Crippen molar-refractivity contribution in [3.63, 3.8) is 0 Å². The molecule has 42 heavy (non-hydrogen) atoms. The van der Waals surface area contributed by atoms with Crippen LogP contribution < -0.4 is 0 Å². The monoisotopic (exact) mass is 634 g/mol. The number of aryl methyl sites for hydroxylation is 1. The van der Waals surface area contributed by atoms with Crippen molar-refractivity contribution in [3.05, 3.63) is 150 Å². The molecule has 5 rings (SSSR count). The summed E-state index contributed by atoms with van der Waals surface area (Å²) in [4.78, 5) is 19.0. The fourth-order valence-electron chi connectivity index (χ4n) is 3.85. The van der Waals surface area contributed by atoms with E-state index in [-0.39, 0.29) is 16.7 Å². The van der Waals surface area contributed by atoms with Crippen LogP contribution in [0.1, 0.15) is 21.5 Å². The standard InChI is InChI=1S/C32H25OS2.F6P/c1-24-12-14-25(15-13-24)32(33)26-16-18-27(19-17-26)34-28-20-22-31(23-21-28)35(29-8-4-2-5-9-29)30-10-6-3-7-11-30;1-7(2,3,4,5)6/h2-23H,1H3;/q+1;-1. The molecule has 218 valence electrons. The maximum atomic E-state index is 12.8. The number of halogens is 6. The molecule has 0 heterocycles. The first-order valence-electron chi connectivity index (χ1n) is 12.5. The Morgan fingerprint density at radius 2 is 0.857 bits per heavy atom. The van der Waals surface area contributed by atoms with E-state index in [1.807, 2.05) is 55.5 Å². The van der Waals surface area contributed by atoms with Gasteiger partial charge in [-0.3, -0.25) is 4.79 Å². The summed E-state index contributed by atoms with van der Waals surface area (Å²) >= 11 is 1.71. The number of hydrogen-bond acceptors (Lipinski definition) is 2. The molecule has 0 aromatic heterocycles. The van der Waals surface area contributed by atoms with Crippen LogP contribution in [0, 0.1) is 6.92 Å². The predicted molar refractivity (Wildman–Crippen MR) is 160 cm³/mol. The van der Waals surface area contributed by atoms with Crippen LogP contribution in [0.15, 0.2) is 158 Å². The number of hydrogen-bond donors (Lipinski definition) is 0. The Kier molecular flexibility index (Phi) is 8.97. The van der Waals surface area contributed by atoms with Gasteiger partial charge in [0.15, 0.2) is 20.5 Å². The molecular weight excluding hydrogens is 609 g/mol. The van der Waals surface area contributed by atoms with E-state index in [1.165, 1.54) is 19.6 Å². The van der Waals surface area contributed by atoms with Gasteiger partial charge in [0.2, 0.25) is 0 Å². The molecule has 0 aliphatic carbocycles. The van der Waals surface area contributed by atoms with Crippen LogP contribution >= 0.6 is 19.6 Å². The van der Waals surface area contributed by atoms with E-state index in [0.717, 1.165) is 16.0 Å². The van der Waals surface area contributed by atoms with Crippen molar-refractivity contribution < 1.29 is 30.0 Å². The first-order valence-corrected chi connectivity index (χ1v) is 16.6. The summed E-state index contributed by atoms with van der Waals surface area (Å²) in [6.07, 6.45) is 0. The summed E-state index contributed by atoms with van der Waals surface area (Å²) in [5.41, 5.74) is 2.58. The molecule has 0 atom stereocenters. The third kappa shape index (κ3) is 10.4. The third-order valence-corrected chi connectivity index (χ3v) is 8.93. The van der Waals surface area contributed by atoms with Gasteiger partial charge in [-0.05, 0) is 79.7 Å². The summed E-state index contributed by atoms with van der Waals surface area (Å²) in [6.45, 7) is 2.02. The van der Waals surface area contributed by atoms with Gasteiger partial charge in [-0.1, -0.05) is 78.0 Å². The molecular formula is C32H25F6OPS2. The quantitative estimate of drug-likeness (QED) is 0.0767. The van der Waals surface area contributed by atoms with Crippen LogP contribution in [-0.2, 0) is 10.9 Å². The van der Waals surface area contributed by atoms with Gasteiger partial charge in [0, 0.05) is 20.9 Å². The minimum atomic E-state index is -10.7. The zero-order chi connectivity index (χ0) is 30.4. The molecule has 1 nitrogen and oxygen atoms in total. The molecule has 0 spiro atoms. The van der Waals surface area contributed by atoms with Gasteiger partial charge in [0.05, 0.1) is 10.9 Å². The van der Waals surface area contributed by atoms with Crippen molar-refractivity contribution in [2.45, 2.75) is 31.4 Å². The van der Waals surface area contributed by atoms with Gasteiger partial charge in [-0.15, -0.1) is 0 Å². The first kappa shape index (κ1) is 31.4. The zero-order valence-electron chi connectivity index (χ0n) is 22.1. The van der Waals surface area contributed by atoms with Crippen molar-refractivity contribution >= 4 is 36.2 Å². The molecule has 0 aliphatic rings. The van der Waals surface area contributed by atoms with E-state index in [2.05, 4.69) is 84.9 Å². The van der Waals surface area contributed by atoms with Crippen LogP contribution in [-0.4, -0.2) is 5.78 Å². The average Bonchev–Trinajstić information content (AvgIpc) is 2.94. The number of carbonyl (C=O) groups is 1. The molecule has 0 unspecified atom stereocenters. The molecule has 0 saturated heterocycles. The zero-order valence-corrected chi connectivity index (χ0v) is 24.7. The molecule has 0 amide bonds. The fraction of sp³-hybridized carbons (Fsp3) is 0.0312. The molecule has 0 aliphatic heterocycles. The Morgan fingerprint density at radius 3 is 1.26 bits per heavy atom. The number of ketones is 1. The molecule has 0 bridgehead atoms. The van der Waals surface area contributed by atoms with Crippen molar-refractivity contribution in [1.29, 1.82) is 0 Å². The van der Waals surface area contributed by atoms with Crippen LogP contribution in [0.25, 0.3) is 0 Å². The van der Waals surface area contributed by atoms with Crippen molar-refractivity contribution in [2.24, 2.45) is 0 Å². The van der Waals surface area contributed by atoms with E-state index in [4.69, 9.17) is 0 Å². The van der Waals surface area contributed by atoms with E-state index < -0.39 is 7.81 Å². The van der Waals surface area contributed by atoms with Crippen LogP contribution in [0.5, 0.6) is 0 Å². The van der Waals surface area contributed by atoms with Gasteiger partial charge < -0.3 is 0 Å². The summed E-state index contributed by atoms with van der Waals surface area (Å²) in [5.74, 6) is 0.0553. The van der Waals surface area contributed by atoms with Gasteiger partial charge in [-0.25, -0.2) is 0 Å². The Bertz CT molecular complexity index is 1580. The maximum absolute atomic E-state index is 12.8. The third-order valence-electron chi connectivity index (χ3n) is 5.68. The molecule has 0 fully saturated rings. The Balaban J connectivity index is 0.000000517. The van der Waals surface area contributed by atoms with E-state index in [1.54, 1.807) is 11.8 Å². The van der Waals surface area contributed by atoms with E-state index in [9.17, 15) is 30.0 Å². The molecule has 0 radical (unpaired) electrons. The number of carbonyl (C=O) groups excluding carboxylic acids is 1. The molecule has 0 N–H and O–H groups in total. The Labute approximate surface area is 247 Å². The molecule has 5 aromatic rings. The average molecular weight is 635 g/mol. The van der Waals surface area contributed by atoms with Crippen molar-refractivity contribution in [1.82, 2.24) is 0 Å². The predicted octanol–water partition coefficient (Wildman–Crippen LogP) is 11.9. The SMILES string of the molecule is Cc1ccc(C(=O)c2ccc(Sc3ccc([S+](c4ccccc4)c4ccccc4)cc3)cc2)cc1.F[P-](F)(F)(F)(F)F. The normalized spacial score (nSPS) is 13.0. The Hall–Kier alpha value is -3.52. The van der Waals surface area contributed by atoms with Gasteiger partial charge >= 0.3 is 33.0 Å². The fourth-order valence-corrected chi connectivity index (χ4v) is 6.75. The Morgan fingerprint density at radius 1 is 0.524 bits per heavy atom. The summed E-state index contributed by atoms with van der Waals surface area (Å²) < 4.78 is 59.2. The van der Waals surface area contributed by atoms with Crippen LogP contribution in [0.2, 0.25) is 0 Å². The number of rotatable bonds is 7. The molecule has 10 heteroatoms. The van der Waals surface area contributed by atoms with Crippen LogP contribution in [0.4, 0.5) is 25.2 Å². The first-order chi connectivity index (χ1) is 19.6. The topological polar surface area (TPSA) is 17.1 Å². The summed E-state index contributed by atoms with van der Waals surface area (Å²) in [7, 11) is -10.8.